The van der Waals surface area contributed by atoms with E-state index in [1.807, 2.05) is 12.1 Å². The Morgan fingerprint density at radius 3 is 2.43 bits per heavy atom. The van der Waals surface area contributed by atoms with Gasteiger partial charge in [-0.15, -0.1) is 0 Å². The van der Waals surface area contributed by atoms with Crippen LogP contribution < -0.4 is 10.2 Å². The first-order chi connectivity index (χ1) is 10.2. The maximum absolute atomic E-state index is 12.9. The number of anilines is 1. The van der Waals surface area contributed by atoms with E-state index in [9.17, 15) is 9.18 Å². The van der Waals surface area contributed by atoms with Crippen molar-refractivity contribution in [2.75, 3.05) is 44.2 Å². The van der Waals surface area contributed by atoms with Gasteiger partial charge in [-0.2, -0.15) is 0 Å². The van der Waals surface area contributed by atoms with E-state index in [1.54, 1.807) is 0 Å². The van der Waals surface area contributed by atoms with Gasteiger partial charge in [0.1, 0.15) is 5.82 Å². The smallest absolute Gasteiger partial charge is 0.234 e. The van der Waals surface area contributed by atoms with Crippen LogP contribution in [0.3, 0.4) is 0 Å². The summed E-state index contributed by atoms with van der Waals surface area (Å²) >= 11 is 0. The Labute approximate surface area is 124 Å². The van der Waals surface area contributed by atoms with E-state index in [0.29, 0.717) is 6.54 Å². The average Bonchev–Trinajstić information content (AvgIpc) is 3.31. The van der Waals surface area contributed by atoms with Gasteiger partial charge in [-0.05, 0) is 43.0 Å². The molecule has 0 spiro atoms. The molecule has 5 heteroatoms. The second-order valence-corrected chi connectivity index (χ2v) is 5.99. The Hall–Kier alpha value is -1.62. The Balaban J connectivity index is 1.41. The maximum Gasteiger partial charge on any atom is 0.234 e. The summed E-state index contributed by atoms with van der Waals surface area (Å²) in [6, 6.07) is 6.61. The van der Waals surface area contributed by atoms with Crippen molar-refractivity contribution in [2.45, 2.75) is 12.8 Å². The zero-order valence-corrected chi connectivity index (χ0v) is 12.2. The fourth-order valence-corrected chi connectivity index (χ4v) is 2.66. The van der Waals surface area contributed by atoms with Crippen LogP contribution in [0.5, 0.6) is 0 Å². The largest absolute Gasteiger partial charge is 0.369 e. The molecule has 1 saturated heterocycles. The van der Waals surface area contributed by atoms with Crippen molar-refractivity contribution in [3.63, 3.8) is 0 Å². The molecule has 1 amide bonds. The Kier molecular flexibility index (Phi) is 4.39. The predicted octanol–water partition coefficient (Wildman–Crippen LogP) is 1.47. The summed E-state index contributed by atoms with van der Waals surface area (Å²) in [5, 5.41) is 3.01. The average molecular weight is 291 g/mol. The number of piperazine rings is 1. The van der Waals surface area contributed by atoms with E-state index in [2.05, 4.69) is 15.1 Å². The minimum absolute atomic E-state index is 0.136. The zero-order valence-electron chi connectivity index (χ0n) is 12.2. The lowest BCUT2D eigenvalue weighted by Crippen LogP contribution is -2.49. The molecule has 0 bridgehead atoms. The van der Waals surface area contributed by atoms with Crippen LogP contribution in [0.4, 0.5) is 10.1 Å². The van der Waals surface area contributed by atoms with Gasteiger partial charge < -0.3 is 10.2 Å². The lowest BCUT2D eigenvalue weighted by atomic mass is 10.2. The highest BCUT2D eigenvalue weighted by Crippen LogP contribution is 2.27. The van der Waals surface area contributed by atoms with Gasteiger partial charge in [-0.1, -0.05) is 0 Å². The molecule has 21 heavy (non-hydrogen) atoms. The van der Waals surface area contributed by atoms with E-state index < -0.39 is 0 Å². The normalized spacial score (nSPS) is 19.6. The number of carbonyl (C=O) groups excluding carboxylic acids is 1. The molecule has 0 atom stereocenters. The molecule has 2 fully saturated rings. The summed E-state index contributed by atoms with van der Waals surface area (Å²) in [6.07, 6.45) is 2.52. The van der Waals surface area contributed by atoms with Gasteiger partial charge in [0.15, 0.2) is 0 Å². The molecule has 1 aliphatic carbocycles. The fraction of sp³-hybridized carbons (Fsp3) is 0.562. The summed E-state index contributed by atoms with van der Waals surface area (Å²) in [6.45, 7) is 4.82. The number of nitrogens with zero attached hydrogens (tertiary/aromatic N) is 2. The van der Waals surface area contributed by atoms with E-state index in [4.69, 9.17) is 0 Å². The molecule has 0 aromatic heterocycles. The molecule has 0 radical (unpaired) electrons. The van der Waals surface area contributed by atoms with Crippen LogP contribution in [0.1, 0.15) is 12.8 Å². The molecular formula is C16H22FN3O. The van der Waals surface area contributed by atoms with Crippen LogP contribution in [0.25, 0.3) is 0 Å². The topological polar surface area (TPSA) is 35.6 Å². The van der Waals surface area contributed by atoms with Crippen molar-refractivity contribution in [1.29, 1.82) is 0 Å². The van der Waals surface area contributed by atoms with Crippen LogP contribution >= 0.6 is 0 Å². The molecule has 1 aliphatic heterocycles. The SMILES string of the molecule is O=C(CN1CCN(c2ccc(F)cc2)CC1)NCC1CC1. The number of rotatable bonds is 5. The number of hydrogen-bond acceptors (Lipinski definition) is 3. The van der Waals surface area contributed by atoms with Gasteiger partial charge in [0.25, 0.3) is 0 Å². The predicted molar refractivity (Wildman–Crippen MR) is 80.8 cm³/mol. The number of amides is 1. The van der Waals surface area contributed by atoms with Gasteiger partial charge in [0.05, 0.1) is 6.54 Å². The van der Waals surface area contributed by atoms with E-state index in [-0.39, 0.29) is 11.7 Å². The molecule has 3 rings (SSSR count). The highest BCUT2D eigenvalue weighted by atomic mass is 19.1. The third-order valence-electron chi connectivity index (χ3n) is 4.22. The summed E-state index contributed by atoms with van der Waals surface area (Å²) in [7, 11) is 0. The minimum Gasteiger partial charge on any atom is -0.369 e. The van der Waals surface area contributed by atoms with Crippen LogP contribution in [-0.2, 0) is 4.79 Å². The van der Waals surface area contributed by atoms with Gasteiger partial charge in [0, 0.05) is 38.4 Å². The number of hydrogen-bond donors (Lipinski definition) is 1. The maximum atomic E-state index is 12.9. The molecule has 1 saturated carbocycles. The molecule has 0 unspecified atom stereocenters. The monoisotopic (exact) mass is 291 g/mol. The number of halogens is 1. The number of nitrogens with one attached hydrogen (secondary N) is 1. The molecule has 1 N–H and O–H groups in total. The molecule has 2 aliphatic rings. The highest BCUT2D eigenvalue weighted by Gasteiger charge is 2.23. The van der Waals surface area contributed by atoms with Crippen molar-refractivity contribution < 1.29 is 9.18 Å². The van der Waals surface area contributed by atoms with Gasteiger partial charge in [-0.3, -0.25) is 9.69 Å². The summed E-state index contributed by atoms with van der Waals surface area (Å²) in [5.41, 5.74) is 1.05. The lowest BCUT2D eigenvalue weighted by Gasteiger charge is -2.35. The third-order valence-corrected chi connectivity index (χ3v) is 4.22. The second kappa shape index (κ2) is 6.43. The lowest BCUT2D eigenvalue weighted by molar-refractivity contribution is -0.122. The van der Waals surface area contributed by atoms with Crippen LogP contribution in [0.15, 0.2) is 24.3 Å². The molecule has 4 nitrogen and oxygen atoms in total. The van der Waals surface area contributed by atoms with Crippen LogP contribution in [0, 0.1) is 11.7 Å². The Morgan fingerprint density at radius 1 is 1.14 bits per heavy atom. The van der Waals surface area contributed by atoms with E-state index in [1.165, 1.54) is 25.0 Å². The second-order valence-electron chi connectivity index (χ2n) is 5.99. The van der Waals surface area contributed by atoms with Gasteiger partial charge in [0.2, 0.25) is 5.91 Å². The van der Waals surface area contributed by atoms with Crippen molar-refractivity contribution in [3.8, 4) is 0 Å². The molecular weight excluding hydrogens is 269 g/mol. The van der Waals surface area contributed by atoms with Gasteiger partial charge in [-0.25, -0.2) is 4.39 Å². The Morgan fingerprint density at radius 2 is 1.81 bits per heavy atom. The third kappa shape index (κ3) is 4.17. The number of carbonyl (C=O) groups is 1. The van der Waals surface area contributed by atoms with Crippen LogP contribution in [-0.4, -0.2) is 50.1 Å². The fourth-order valence-electron chi connectivity index (χ4n) is 2.66. The molecule has 1 aromatic carbocycles. The first-order valence-corrected chi connectivity index (χ1v) is 7.70. The zero-order chi connectivity index (χ0) is 14.7. The summed E-state index contributed by atoms with van der Waals surface area (Å²) < 4.78 is 12.9. The first kappa shape index (κ1) is 14.3. The van der Waals surface area contributed by atoms with Crippen molar-refractivity contribution in [1.82, 2.24) is 10.2 Å². The highest BCUT2D eigenvalue weighted by molar-refractivity contribution is 5.78. The van der Waals surface area contributed by atoms with Crippen molar-refractivity contribution in [3.05, 3.63) is 30.1 Å². The van der Waals surface area contributed by atoms with E-state index >= 15 is 0 Å². The summed E-state index contributed by atoms with van der Waals surface area (Å²) in [5.74, 6) is 0.658. The minimum atomic E-state index is -0.204. The standard InChI is InChI=1S/C16H22FN3O/c17-14-3-5-15(6-4-14)20-9-7-19(8-10-20)12-16(21)18-11-13-1-2-13/h3-6,13H,1-2,7-12H2,(H,18,21). The molecule has 114 valence electrons. The quantitative estimate of drug-likeness (QED) is 0.892. The van der Waals surface area contributed by atoms with Crippen molar-refractivity contribution in [2.24, 2.45) is 5.92 Å². The Bertz CT molecular complexity index is 479. The molecule has 1 aromatic rings. The van der Waals surface area contributed by atoms with Crippen LogP contribution in [0.2, 0.25) is 0 Å². The number of benzene rings is 1. The van der Waals surface area contributed by atoms with Gasteiger partial charge >= 0.3 is 0 Å². The molecule has 1 heterocycles. The summed E-state index contributed by atoms with van der Waals surface area (Å²) in [4.78, 5) is 16.2. The van der Waals surface area contributed by atoms with Crippen molar-refractivity contribution >= 4 is 11.6 Å². The van der Waals surface area contributed by atoms with E-state index in [0.717, 1.165) is 44.3 Å². The first-order valence-electron chi connectivity index (χ1n) is 7.70.